The van der Waals surface area contributed by atoms with Crippen LogP contribution >= 0.6 is 0 Å². The van der Waals surface area contributed by atoms with Crippen molar-refractivity contribution in [1.29, 1.82) is 0 Å². The van der Waals surface area contributed by atoms with Crippen molar-refractivity contribution in [2.24, 2.45) is 4.99 Å². The first kappa shape index (κ1) is 19.6. The molecule has 0 aliphatic carbocycles. The summed E-state index contributed by atoms with van der Waals surface area (Å²) in [6.45, 7) is 7.96. The highest BCUT2D eigenvalue weighted by Crippen LogP contribution is 2.34. The third kappa shape index (κ3) is 4.33. The van der Waals surface area contributed by atoms with Crippen LogP contribution in [-0.2, 0) is 9.53 Å². The molecule has 1 amide bonds. The summed E-state index contributed by atoms with van der Waals surface area (Å²) in [5.41, 5.74) is 5.12. The van der Waals surface area contributed by atoms with E-state index in [2.05, 4.69) is 32.2 Å². The summed E-state index contributed by atoms with van der Waals surface area (Å²) in [5, 5.41) is 2.94. The van der Waals surface area contributed by atoms with Crippen molar-refractivity contribution in [1.82, 2.24) is 4.90 Å². The second-order valence-corrected chi connectivity index (χ2v) is 7.62. The highest BCUT2D eigenvalue weighted by molar-refractivity contribution is 6.13. The largest absolute Gasteiger partial charge is 0.383 e. The number of carbonyl (C=O) groups excluding carboxylic acids is 1. The van der Waals surface area contributed by atoms with Crippen LogP contribution in [0.2, 0.25) is 0 Å². The highest BCUT2D eigenvalue weighted by Gasteiger charge is 2.30. The number of nitrogens with one attached hydrogen (secondary N) is 1. The Hall–Kier alpha value is -2.70. The molecule has 6 heteroatoms. The molecule has 4 rings (SSSR count). The van der Waals surface area contributed by atoms with Crippen molar-refractivity contribution >= 4 is 29.2 Å². The number of benzene rings is 2. The van der Waals surface area contributed by atoms with Crippen LogP contribution in [0.4, 0.5) is 17.1 Å². The molecule has 1 fully saturated rings. The molecule has 1 unspecified atom stereocenters. The molecule has 1 saturated heterocycles. The van der Waals surface area contributed by atoms with Crippen LogP contribution in [0.15, 0.2) is 47.5 Å². The number of methoxy groups -OCH3 is 1. The molecule has 2 aliphatic rings. The van der Waals surface area contributed by atoms with Gasteiger partial charge in [-0.25, -0.2) is 0 Å². The van der Waals surface area contributed by atoms with Gasteiger partial charge < -0.3 is 15.0 Å². The van der Waals surface area contributed by atoms with Crippen molar-refractivity contribution in [3.05, 3.63) is 53.6 Å². The van der Waals surface area contributed by atoms with E-state index in [0.29, 0.717) is 0 Å². The normalized spacial score (nSPS) is 19.6. The third-order valence-corrected chi connectivity index (χ3v) is 5.75. The van der Waals surface area contributed by atoms with E-state index in [0.717, 1.165) is 61.8 Å². The summed E-state index contributed by atoms with van der Waals surface area (Å²) in [6, 6.07) is 14.2. The summed E-state index contributed by atoms with van der Waals surface area (Å²) >= 11 is 0. The minimum Gasteiger partial charge on any atom is -0.383 e. The van der Waals surface area contributed by atoms with Crippen LogP contribution in [0.3, 0.4) is 0 Å². The summed E-state index contributed by atoms with van der Waals surface area (Å²) in [6.07, 6.45) is 1.76. The maximum atomic E-state index is 12.3. The molecule has 29 heavy (non-hydrogen) atoms. The number of rotatable bonds is 6. The summed E-state index contributed by atoms with van der Waals surface area (Å²) in [4.78, 5) is 21.8. The van der Waals surface area contributed by atoms with E-state index in [-0.39, 0.29) is 11.8 Å². The lowest BCUT2D eigenvalue weighted by Gasteiger charge is -2.36. The van der Waals surface area contributed by atoms with Gasteiger partial charge in [0.15, 0.2) is 0 Å². The molecular formula is C23H28N4O2. The quantitative estimate of drug-likeness (QED) is 0.767. The van der Waals surface area contributed by atoms with Crippen molar-refractivity contribution < 1.29 is 9.53 Å². The molecule has 1 N–H and O–H groups in total. The number of hydrogen-bond donors (Lipinski definition) is 1. The highest BCUT2D eigenvalue weighted by atomic mass is 16.5. The lowest BCUT2D eigenvalue weighted by molar-refractivity contribution is -0.115. The van der Waals surface area contributed by atoms with Crippen LogP contribution in [0.25, 0.3) is 0 Å². The SMILES string of the molecule is COCCN1CCN(c2ccc(N=CC3C(=O)Nc4cccc(C)c43)cc2)CC1. The van der Waals surface area contributed by atoms with Gasteiger partial charge in [0.05, 0.1) is 12.3 Å². The Morgan fingerprint density at radius 2 is 1.90 bits per heavy atom. The first-order chi connectivity index (χ1) is 14.2. The molecule has 1 atom stereocenters. The molecular weight excluding hydrogens is 364 g/mol. The Balaban J connectivity index is 1.39. The first-order valence-corrected chi connectivity index (χ1v) is 10.2. The molecule has 0 radical (unpaired) electrons. The van der Waals surface area contributed by atoms with Gasteiger partial charge in [0, 0.05) is 57.4 Å². The topological polar surface area (TPSA) is 57.2 Å². The Morgan fingerprint density at radius 3 is 2.62 bits per heavy atom. The molecule has 0 saturated carbocycles. The predicted octanol–water partition coefficient (Wildman–Crippen LogP) is 3.20. The van der Waals surface area contributed by atoms with Gasteiger partial charge in [-0.05, 0) is 48.4 Å². The number of aryl methyl sites for hydroxylation is 1. The first-order valence-electron chi connectivity index (χ1n) is 10.2. The van der Waals surface area contributed by atoms with E-state index >= 15 is 0 Å². The smallest absolute Gasteiger partial charge is 0.237 e. The number of anilines is 2. The number of fused-ring (bicyclic) bond motifs is 1. The zero-order valence-corrected chi connectivity index (χ0v) is 17.1. The summed E-state index contributed by atoms with van der Waals surface area (Å²) in [7, 11) is 1.75. The van der Waals surface area contributed by atoms with E-state index in [1.807, 2.05) is 37.3 Å². The van der Waals surface area contributed by atoms with Crippen molar-refractivity contribution in [2.45, 2.75) is 12.8 Å². The number of hydrogen-bond acceptors (Lipinski definition) is 5. The Labute approximate surface area is 172 Å². The van der Waals surface area contributed by atoms with Gasteiger partial charge in [-0.2, -0.15) is 0 Å². The fraction of sp³-hybridized carbons (Fsp3) is 0.391. The molecule has 2 heterocycles. The van der Waals surface area contributed by atoms with Crippen LogP contribution < -0.4 is 10.2 Å². The van der Waals surface area contributed by atoms with Crippen molar-refractivity contribution in [2.75, 3.05) is 56.7 Å². The average Bonchev–Trinajstić information content (AvgIpc) is 3.08. The molecule has 2 aromatic rings. The van der Waals surface area contributed by atoms with Crippen molar-refractivity contribution in [3.63, 3.8) is 0 Å². The second-order valence-electron chi connectivity index (χ2n) is 7.62. The molecule has 152 valence electrons. The van der Waals surface area contributed by atoms with Gasteiger partial charge in [0.2, 0.25) is 5.91 Å². The van der Waals surface area contributed by atoms with Gasteiger partial charge in [-0.1, -0.05) is 12.1 Å². The van der Waals surface area contributed by atoms with Gasteiger partial charge in [0.1, 0.15) is 5.92 Å². The fourth-order valence-corrected chi connectivity index (χ4v) is 4.05. The molecule has 2 aromatic carbocycles. The lowest BCUT2D eigenvalue weighted by Crippen LogP contribution is -2.47. The number of nitrogens with zero attached hydrogens (tertiary/aromatic N) is 3. The standard InChI is InChI=1S/C23H28N4O2/c1-17-4-3-5-21-22(17)20(23(28)25-21)16-24-18-6-8-19(9-7-18)27-12-10-26(11-13-27)14-15-29-2/h3-9,16,20H,10-15H2,1-2H3,(H,25,28). The third-order valence-electron chi connectivity index (χ3n) is 5.75. The number of amides is 1. The zero-order valence-electron chi connectivity index (χ0n) is 17.1. The maximum Gasteiger partial charge on any atom is 0.237 e. The van der Waals surface area contributed by atoms with Gasteiger partial charge in [-0.15, -0.1) is 0 Å². The monoisotopic (exact) mass is 392 g/mol. The molecule has 0 bridgehead atoms. The second kappa shape index (κ2) is 8.76. The fourth-order valence-electron chi connectivity index (χ4n) is 4.05. The number of carbonyl (C=O) groups is 1. The van der Waals surface area contributed by atoms with Crippen LogP contribution in [0.5, 0.6) is 0 Å². The van der Waals surface area contributed by atoms with E-state index in [4.69, 9.17) is 4.74 Å². The number of ether oxygens (including phenoxy) is 1. The Morgan fingerprint density at radius 1 is 1.14 bits per heavy atom. The van der Waals surface area contributed by atoms with Crippen LogP contribution in [-0.4, -0.2) is 63.5 Å². The number of aliphatic imine (C=N–C) groups is 1. The maximum absolute atomic E-state index is 12.3. The number of piperazine rings is 1. The van der Waals surface area contributed by atoms with Gasteiger partial charge in [-0.3, -0.25) is 14.7 Å². The van der Waals surface area contributed by atoms with E-state index in [1.54, 1.807) is 13.3 Å². The molecule has 2 aliphatic heterocycles. The minimum atomic E-state index is -0.328. The van der Waals surface area contributed by atoms with E-state index < -0.39 is 0 Å². The van der Waals surface area contributed by atoms with E-state index in [1.165, 1.54) is 5.69 Å². The average molecular weight is 393 g/mol. The molecule has 6 nitrogen and oxygen atoms in total. The zero-order chi connectivity index (χ0) is 20.2. The molecule has 0 aromatic heterocycles. The predicted molar refractivity (Wildman–Crippen MR) is 118 cm³/mol. The molecule has 0 spiro atoms. The van der Waals surface area contributed by atoms with Gasteiger partial charge >= 0.3 is 0 Å². The lowest BCUT2D eigenvalue weighted by atomic mass is 9.97. The summed E-state index contributed by atoms with van der Waals surface area (Å²) in [5.74, 6) is -0.341. The summed E-state index contributed by atoms with van der Waals surface area (Å²) < 4.78 is 5.17. The van der Waals surface area contributed by atoms with Gasteiger partial charge in [0.25, 0.3) is 0 Å². The Bertz CT molecular complexity index is 886. The van der Waals surface area contributed by atoms with Crippen LogP contribution in [0.1, 0.15) is 17.0 Å². The van der Waals surface area contributed by atoms with E-state index in [9.17, 15) is 4.79 Å². The van der Waals surface area contributed by atoms with Crippen molar-refractivity contribution in [3.8, 4) is 0 Å². The minimum absolute atomic E-state index is 0.0129. The van der Waals surface area contributed by atoms with Crippen LogP contribution in [0, 0.1) is 6.92 Å². The Kier molecular flexibility index (Phi) is 5.92.